The quantitative estimate of drug-likeness (QED) is 0.624. The summed E-state index contributed by atoms with van der Waals surface area (Å²) in [7, 11) is 0. The second-order valence-electron chi connectivity index (χ2n) is 5.08. The summed E-state index contributed by atoms with van der Waals surface area (Å²) in [4.78, 5) is 10.4. The number of nitrogens with zero attached hydrogens (tertiary/aromatic N) is 1. The van der Waals surface area contributed by atoms with Gasteiger partial charge < -0.3 is 10.4 Å². The van der Waals surface area contributed by atoms with Gasteiger partial charge in [0.25, 0.3) is 5.69 Å². The molecule has 0 fully saturated rings. The SMILES string of the molecule is CC(C)(O)C(C)(C)Nc1ccccc1[N+](=O)[O-]. The van der Waals surface area contributed by atoms with Gasteiger partial charge in [0.2, 0.25) is 0 Å². The number of anilines is 1. The first-order chi connectivity index (χ1) is 7.65. The lowest BCUT2D eigenvalue weighted by atomic mass is 9.85. The van der Waals surface area contributed by atoms with Crippen LogP contribution in [0.2, 0.25) is 0 Å². The van der Waals surface area contributed by atoms with Crippen LogP contribution in [0.1, 0.15) is 27.7 Å². The summed E-state index contributed by atoms with van der Waals surface area (Å²) in [6.07, 6.45) is 0. The molecule has 2 N–H and O–H groups in total. The van der Waals surface area contributed by atoms with Crippen LogP contribution in [0.15, 0.2) is 24.3 Å². The van der Waals surface area contributed by atoms with E-state index < -0.39 is 16.1 Å². The molecule has 0 saturated heterocycles. The molecule has 1 rings (SSSR count). The molecule has 0 heterocycles. The average molecular weight is 238 g/mol. The van der Waals surface area contributed by atoms with Gasteiger partial charge in [-0.2, -0.15) is 0 Å². The van der Waals surface area contributed by atoms with E-state index in [1.165, 1.54) is 6.07 Å². The second-order valence-corrected chi connectivity index (χ2v) is 5.08. The highest BCUT2D eigenvalue weighted by atomic mass is 16.6. The maximum atomic E-state index is 10.9. The first-order valence-corrected chi connectivity index (χ1v) is 5.39. The van der Waals surface area contributed by atoms with Crippen LogP contribution >= 0.6 is 0 Å². The smallest absolute Gasteiger partial charge is 0.292 e. The summed E-state index contributed by atoms with van der Waals surface area (Å²) in [5, 5.41) is 23.9. The number of benzene rings is 1. The van der Waals surface area contributed by atoms with Gasteiger partial charge >= 0.3 is 0 Å². The largest absolute Gasteiger partial charge is 0.388 e. The molecule has 1 aromatic rings. The predicted octanol–water partition coefficient (Wildman–Crippen LogP) is 2.56. The molecule has 0 unspecified atom stereocenters. The molecule has 0 saturated carbocycles. The summed E-state index contributed by atoms with van der Waals surface area (Å²) in [6.45, 7) is 6.91. The van der Waals surface area contributed by atoms with E-state index in [1.54, 1.807) is 45.9 Å². The Labute approximate surface area is 101 Å². The van der Waals surface area contributed by atoms with Gasteiger partial charge in [-0.25, -0.2) is 0 Å². The number of hydrogen-bond donors (Lipinski definition) is 2. The number of rotatable bonds is 4. The summed E-state index contributed by atoms with van der Waals surface area (Å²) in [5.41, 5.74) is -1.27. The van der Waals surface area contributed by atoms with Gasteiger partial charge in [0.05, 0.1) is 16.1 Å². The monoisotopic (exact) mass is 238 g/mol. The van der Waals surface area contributed by atoms with Crippen molar-refractivity contribution in [2.24, 2.45) is 0 Å². The Hall–Kier alpha value is -1.62. The Morgan fingerprint density at radius 2 is 1.76 bits per heavy atom. The Kier molecular flexibility index (Phi) is 3.43. The lowest BCUT2D eigenvalue weighted by molar-refractivity contribution is -0.384. The topological polar surface area (TPSA) is 75.4 Å². The molecular weight excluding hydrogens is 220 g/mol. The van der Waals surface area contributed by atoms with Gasteiger partial charge in [-0.1, -0.05) is 12.1 Å². The van der Waals surface area contributed by atoms with Gasteiger partial charge in [0, 0.05) is 6.07 Å². The number of nitro benzene ring substituents is 1. The first kappa shape index (κ1) is 13.4. The number of nitro groups is 1. The standard InChI is InChI=1S/C12H18N2O3/c1-11(2,12(3,4)15)13-9-7-5-6-8-10(9)14(16)17/h5-8,13,15H,1-4H3. The molecule has 94 valence electrons. The van der Waals surface area contributed by atoms with E-state index in [4.69, 9.17) is 0 Å². The van der Waals surface area contributed by atoms with Crippen LogP contribution in [-0.2, 0) is 0 Å². The van der Waals surface area contributed by atoms with Crippen molar-refractivity contribution in [3.05, 3.63) is 34.4 Å². The van der Waals surface area contributed by atoms with E-state index in [0.29, 0.717) is 5.69 Å². The molecular formula is C12H18N2O3. The van der Waals surface area contributed by atoms with Gasteiger partial charge in [0.1, 0.15) is 5.69 Å². The van der Waals surface area contributed by atoms with Crippen LogP contribution in [0.5, 0.6) is 0 Å². The normalized spacial score (nSPS) is 12.3. The third-order valence-corrected chi connectivity index (χ3v) is 3.08. The molecule has 0 bridgehead atoms. The number of nitrogens with one attached hydrogen (secondary N) is 1. The Morgan fingerprint density at radius 3 is 2.24 bits per heavy atom. The number of para-hydroxylation sites is 2. The molecule has 0 radical (unpaired) electrons. The van der Waals surface area contributed by atoms with Gasteiger partial charge in [-0.15, -0.1) is 0 Å². The Morgan fingerprint density at radius 1 is 1.24 bits per heavy atom. The molecule has 0 aliphatic heterocycles. The van der Waals surface area contributed by atoms with Crippen LogP contribution in [-0.4, -0.2) is 21.2 Å². The van der Waals surface area contributed by atoms with Crippen LogP contribution in [0, 0.1) is 10.1 Å². The van der Waals surface area contributed by atoms with E-state index in [0.717, 1.165) is 0 Å². The Balaban J connectivity index is 3.08. The fourth-order valence-corrected chi connectivity index (χ4v) is 1.23. The van der Waals surface area contributed by atoms with Crippen molar-refractivity contribution >= 4 is 11.4 Å². The van der Waals surface area contributed by atoms with E-state index in [1.807, 2.05) is 0 Å². The first-order valence-electron chi connectivity index (χ1n) is 5.39. The molecule has 5 nitrogen and oxygen atoms in total. The van der Waals surface area contributed by atoms with Crippen molar-refractivity contribution in [2.45, 2.75) is 38.8 Å². The van der Waals surface area contributed by atoms with E-state index in [9.17, 15) is 15.2 Å². The molecule has 0 aliphatic carbocycles. The fraction of sp³-hybridized carbons (Fsp3) is 0.500. The van der Waals surface area contributed by atoms with E-state index in [-0.39, 0.29) is 5.69 Å². The van der Waals surface area contributed by atoms with Crippen molar-refractivity contribution in [3.63, 3.8) is 0 Å². The zero-order valence-electron chi connectivity index (χ0n) is 10.5. The second kappa shape index (κ2) is 4.33. The summed E-state index contributed by atoms with van der Waals surface area (Å²) >= 11 is 0. The van der Waals surface area contributed by atoms with Gasteiger partial charge in [-0.3, -0.25) is 10.1 Å². The maximum absolute atomic E-state index is 10.9. The molecule has 0 aromatic heterocycles. The number of aliphatic hydroxyl groups is 1. The van der Waals surface area contributed by atoms with Crippen molar-refractivity contribution in [1.82, 2.24) is 0 Å². The average Bonchev–Trinajstić information content (AvgIpc) is 2.15. The minimum atomic E-state index is -1.00. The number of hydrogen-bond acceptors (Lipinski definition) is 4. The third-order valence-electron chi connectivity index (χ3n) is 3.08. The summed E-state index contributed by atoms with van der Waals surface area (Å²) < 4.78 is 0. The predicted molar refractivity (Wildman–Crippen MR) is 67.1 cm³/mol. The lowest BCUT2D eigenvalue weighted by Crippen LogP contribution is -2.51. The zero-order chi connectivity index (χ0) is 13.3. The molecule has 0 amide bonds. The lowest BCUT2D eigenvalue weighted by Gasteiger charge is -2.38. The highest BCUT2D eigenvalue weighted by molar-refractivity contribution is 5.62. The molecule has 0 spiro atoms. The molecule has 5 heteroatoms. The van der Waals surface area contributed by atoms with Gasteiger partial charge in [0.15, 0.2) is 0 Å². The van der Waals surface area contributed by atoms with Crippen LogP contribution in [0.4, 0.5) is 11.4 Å². The minimum absolute atomic E-state index is 0.00447. The molecule has 1 aromatic carbocycles. The van der Waals surface area contributed by atoms with E-state index >= 15 is 0 Å². The van der Waals surface area contributed by atoms with Crippen molar-refractivity contribution in [3.8, 4) is 0 Å². The molecule has 17 heavy (non-hydrogen) atoms. The van der Waals surface area contributed by atoms with Crippen LogP contribution in [0.3, 0.4) is 0 Å². The molecule has 0 atom stereocenters. The van der Waals surface area contributed by atoms with Crippen LogP contribution < -0.4 is 5.32 Å². The van der Waals surface area contributed by atoms with Crippen molar-refractivity contribution < 1.29 is 10.0 Å². The molecule has 0 aliphatic rings. The van der Waals surface area contributed by atoms with Crippen molar-refractivity contribution in [2.75, 3.05) is 5.32 Å². The maximum Gasteiger partial charge on any atom is 0.292 e. The summed E-state index contributed by atoms with van der Waals surface area (Å²) in [6, 6.07) is 6.39. The minimum Gasteiger partial charge on any atom is -0.388 e. The highest BCUT2D eigenvalue weighted by Gasteiger charge is 2.36. The summed E-state index contributed by atoms with van der Waals surface area (Å²) in [5.74, 6) is 0. The van der Waals surface area contributed by atoms with E-state index in [2.05, 4.69) is 5.32 Å². The fourth-order valence-electron chi connectivity index (χ4n) is 1.23. The Bertz CT molecular complexity index is 422. The third kappa shape index (κ3) is 2.94. The zero-order valence-corrected chi connectivity index (χ0v) is 10.5. The van der Waals surface area contributed by atoms with Crippen molar-refractivity contribution in [1.29, 1.82) is 0 Å². The highest BCUT2D eigenvalue weighted by Crippen LogP contribution is 2.30. The van der Waals surface area contributed by atoms with Crippen LogP contribution in [0.25, 0.3) is 0 Å². The van der Waals surface area contributed by atoms with Gasteiger partial charge in [-0.05, 0) is 33.8 Å².